The molecule has 0 spiro atoms. The Morgan fingerprint density at radius 3 is 0.984 bits per heavy atom. The minimum absolute atomic E-state index is 0.0937. The average Bonchev–Trinajstić information content (AvgIpc) is 1.57. The van der Waals surface area contributed by atoms with Gasteiger partial charge in [0.05, 0.1) is 5.69 Å². The molecule has 0 saturated carbocycles. The van der Waals surface area contributed by atoms with Crippen LogP contribution in [0.25, 0.3) is 201 Å². The van der Waals surface area contributed by atoms with Crippen molar-refractivity contribution in [2.75, 3.05) is 0 Å². The second-order valence-corrected chi connectivity index (χ2v) is 32.6. The van der Waals surface area contributed by atoms with E-state index in [1.54, 1.807) is 0 Å². The molecule has 0 saturated heterocycles. The van der Waals surface area contributed by atoms with Crippen LogP contribution in [-0.2, 0) is 10.8 Å². The molecule has 122 heavy (non-hydrogen) atoms. The van der Waals surface area contributed by atoms with Crippen LogP contribution in [0.4, 0.5) is 0 Å². The van der Waals surface area contributed by atoms with Gasteiger partial charge >= 0.3 is 0 Å². The molecule has 576 valence electrons. The highest BCUT2D eigenvalue weighted by Gasteiger charge is 2.39. The van der Waals surface area contributed by atoms with Gasteiger partial charge < -0.3 is 0 Å². The third kappa shape index (κ3) is 14.0. The molecule has 8 nitrogen and oxygen atoms in total. The third-order valence-corrected chi connectivity index (χ3v) is 24.4. The molecule has 4 heterocycles. The maximum absolute atomic E-state index is 5.06. The molecule has 0 amide bonds. The van der Waals surface area contributed by atoms with Gasteiger partial charge in [-0.25, -0.2) is 29.9 Å². The van der Waals surface area contributed by atoms with Crippen molar-refractivity contribution in [3.8, 4) is 180 Å². The number of aromatic nitrogens is 8. The van der Waals surface area contributed by atoms with Crippen molar-refractivity contribution in [3.63, 3.8) is 0 Å². The van der Waals surface area contributed by atoms with Gasteiger partial charge in [-0.15, -0.1) is 0 Å². The number of fused-ring (bicyclic) bond motifs is 10. The highest BCUT2D eigenvalue weighted by atomic mass is 15.0. The molecule has 22 rings (SSSR count). The zero-order valence-corrected chi connectivity index (χ0v) is 67.8. The van der Waals surface area contributed by atoms with Crippen LogP contribution in [0.1, 0.15) is 49.9 Å². The summed E-state index contributed by atoms with van der Waals surface area (Å²) in [5.41, 5.74) is 34.3. The van der Waals surface area contributed by atoms with Crippen molar-refractivity contribution in [1.82, 2.24) is 39.9 Å². The molecule has 0 aliphatic heterocycles. The molecule has 2 aliphatic rings. The Labute approximate surface area is 710 Å². The van der Waals surface area contributed by atoms with Crippen molar-refractivity contribution < 1.29 is 0 Å². The summed E-state index contributed by atoms with van der Waals surface area (Å²) in [6.07, 6.45) is 5.47. The van der Waals surface area contributed by atoms with Gasteiger partial charge in [0.25, 0.3) is 0 Å². The number of hydrogen-bond acceptors (Lipinski definition) is 8. The van der Waals surface area contributed by atoms with E-state index >= 15 is 0 Å². The lowest BCUT2D eigenvalue weighted by Crippen LogP contribution is -2.15. The molecule has 0 unspecified atom stereocenters. The maximum atomic E-state index is 5.06. The molecule has 0 radical (unpaired) electrons. The summed E-state index contributed by atoms with van der Waals surface area (Å²) in [5, 5.41) is 5.24. The smallest absolute Gasteiger partial charge is 0.165 e. The van der Waals surface area contributed by atoms with E-state index in [1.165, 1.54) is 99.4 Å². The van der Waals surface area contributed by atoms with E-state index < -0.39 is 0 Å². The standard InChI is InChI=1S/2C57H40N4/c1-57(2)51-35-45(27-29-49(51)50-30-26-37-14-9-10-25-48(37)53(50)57)43-22-12-20-41(33-43)40-19-11-21-42(32-40)44-23-13-24-46(34-44)55-59-54(39-17-7-4-8-18-39)60-56(61-55)47-28-31-52(58-36-47)38-15-5-3-6-16-38;1-57(2)51-28-26-39-11-6-7-20-49(39)53(51)50-27-25-47(36-52(50)57)45-17-9-15-43(34-45)42-14-8-16-44(33-42)46-18-10-19-48(35-46)56-60-54(40-12-4-3-5-13-40)59-55(61-56)41-23-21-37(22-24-41)38-29-31-58-32-30-38/h2*3-36H,1-2H3. The van der Waals surface area contributed by atoms with Gasteiger partial charge in [0.15, 0.2) is 34.9 Å². The van der Waals surface area contributed by atoms with E-state index in [9.17, 15) is 0 Å². The summed E-state index contributed by atoms with van der Waals surface area (Å²) >= 11 is 0. The van der Waals surface area contributed by atoms with Crippen molar-refractivity contribution in [1.29, 1.82) is 0 Å². The lowest BCUT2D eigenvalue weighted by molar-refractivity contribution is 0.661. The van der Waals surface area contributed by atoms with Crippen LogP contribution in [0, 0.1) is 0 Å². The first-order valence-corrected chi connectivity index (χ1v) is 41.6. The number of hydrogen-bond donors (Lipinski definition) is 0. The molecule has 4 aromatic heterocycles. The Kier molecular flexibility index (Phi) is 18.8. The average molecular weight is 1560 g/mol. The Balaban J connectivity index is 0.000000150. The lowest BCUT2D eigenvalue weighted by Gasteiger charge is -2.23. The summed E-state index contributed by atoms with van der Waals surface area (Å²) < 4.78 is 0. The molecule has 20 aromatic rings. The monoisotopic (exact) mass is 1560 g/mol. The van der Waals surface area contributed by atoms with Crippen LogP contribution in [-0.4, -0.2) is 39.9 Å². The van der Waals surface area contributed by atoms with Crippen molar-refractivity contribution >= 4 is 21.5 Å². The number of benzene rings is 16. The summed E-state index contributed by atoms with van der Waals surface area (Å²) in [5.74, 6) is 3.69. The van der Waals surface area contributed by atoms with Crippen LogP contribution in [0.3, 0.4) is 0 Å². The Hall–Kier alpha value is -15.6. The van der Waals surface area contributed by atoms with Gasteiger partial charge in [0.2, 0.25) is 0 Å². The molecule has 0 bridgehead atoms. The van der Waals surface area contributed by atoms with Crippen LogP contribution in [0.2, 0.25) is 0 Å². The van der Waals surface area contributed by atoms with E-state index in [-0.39, 0.29) is 10.8 Å². The van der Waals surface area contributed by atoms with Gasteiger partial charge in [-0.2, -0.15) is 0 Å². The first-order valence-electron chi connectivity index (χ1n) is 41.6. The molecule has 0 fully saturated rings. The maximum Gasteiger partial charge on any atom is 0.165 e. The van der Waals surface area contributed by atoms with Crippen LogP contribution < -0.4 is 0 Å². The molecule has 16 aromatic carbocycles. The van der Waals surface area contributed by atoms with Crippen molar-refractivity contribution in [2.45, 2.75) is 38.5 Å². The molecular weight excluding hydrogens is 1480 g/mol. The second-order valence-electron chi connectivity index (χ2n) is 32.6. The summed E-state index contributed by atoms with van der Waals surface area (Å²) in [4.78, 5) is 39.0. The Morgan fingerprint density at radius 1 is 0.197 bits per heavy atom. The zero-order chi connectivity index (χ0) is 81.8. The largest absolute Gasteiger partial charge is 0.265 e. The van der Waals surface area contributed by atoms with E-state index in [1.807, 2.05) is 122 Å². The van der Waals surface area contributed by atoms with E-state index in [0.717, 1.165) is 89.1 Å². The highest BCUT2D eigenvalue weighted by molar-refractivity contribution is 6.03. The van der Waals surface area contributed by atoms with E-state index in [0.29, 0.717) is 34.9 Å². The fourth-order valence-corrected chi connectivity index (χ4v) is 18.0. The van der Waals surface area contributed by atoms with Gasteiger partial charge in [0.1, 0.15) is 0 Å². The minimum Gasteiger partial charge on any atom is -0.265 e. The normalized spacial score (nSPS) is 12.6. The second kappa shape index (κ2) is 31.0. The molecule has 0 atom stereocenters. The molecular formula is C114H80N8. The van der Waals surface area contributed by atoms with Crippen LogP contribution >= 0.6 is 0 Å². The fraction of sp³-hybridized carbons (Fsp3) is 0.0526. The summed E-state index contributed by atoms with van der Waals surface area (Å²) in [7, 11) is 0. The third-order valence-electron chi connectivity index (χ3n) is 24.4. The van der Waals surface area contributed by atoms with Crippen molar-refractivity contribution in [3.05, 3.63) is 435 Å². The topological polar surface area (TPSA) is 103 Å². The Bertz CT molecular complexity index is 7410. The molecule has 8 heteroatoms. The SMILES string of the molecule is CC1(C)c2cc(-c3cccc(-c4cccc(-c5cccc(-c6nc(-c7ccccc7)nc(-c7ccc(-c8ccccc8)nc7)n6)c5)c4)c3)ccc2-c2ccc3ccccc3c21.CC1(C)c2cc(-c3cccc(-c4cccc(-c5cccc(-c6nc(-c7ccccc7)nc(-c7ccc(-c8ccncc8)cc7)n6)c5)c4)c3)ccc2-c2c1ccc1ccccc21. The number of rotatable bonds is 14. The minimum atomic E-state index is -0.112. The molecule has 2 aliphatic carbocycles. The first kappa shape index (κ1) is 73.9. The first-order chi connectivity index (χ1) is 59.9. The quantitative estimate of drug-likeness (QED) is 0.106. The summed E-state index contributed by atoms with van der Waals surface area (Å²) in [6.45, 7) is 9.46. The highest BCUT2D eigenvalue weighted by Crippen LogP contribution is 2.54. The fourth-order valence-electron chi connectivity index (χ4n) is 18.0. The van der Waals surface area contributed by atoms with Crippen LogP contribution in [0.5, 0.6) is 0 Å². The van der Waals surface area contributed by atoms with Gasteiger partial charge in [-0.1, -0.05) is 349 Å². The zero-order valence-electron chi connectivity index (χ0n) is 67.8. The van der Waals surface area contributed by atoms with E-state index in [2.05, 4.69) is 324 Å². The van der Waals surface area contributed by atoms with Gasteiger partial charge in [0, 0.05) is 68.4 Å². The van der Waals surface area contributed by atoms with Crippen molar-refractivity contribution in [2.24, 2.45) is 0 Å². The van der Waals surface area contributed by atoms with Gasteiger partial charge in [-0.05, 0) is 217 Å². The molecule has 0 N–H and O–H groups in total. The van der Waals surface area contributed by atoms with E-state index in [4.69, 9.17) is 34.9 Å². The van der Waals surface area contributed by atoms with Crippen LogP contribution in [0.15, 0.2) is 413 Å². The number of pyridine rings is 2. The predicted molar refractivity (Wildman–Crippen MR) is 501 cm³/mol. The lowest BCUT2D eigenvalue weighted by atomic mass is 9.79. The summed E-state index contributed by atoms with van der Waals surface area (Å²) in [6, 6.07) is 140. The predicted octanol–water partition coefficient (Wildman–Crippen LogP) is 28.8. The Morgan fingerprint density at radius 2 is 0.516 bits per heavy atom. The number of nitrogens with zero attached hydrogens (tertiary/aromatic N) is 8. The van der Waals surface area contributed by atoms with Gasteiger partial charge in [-0.3, -0.25) is 9.97 Å².